The number of nitrogens with zero attached hydrogens (tertiary/aromatic N) is 4. The number of halogens is 1. The van der Waals surface area contributed by atoms with Gasteiger partial charge in [0, 0.05) is 5.02 Å². The summed E-state index contributed by atoms with van der Waals surface area (Å²) in [4.78, 5) is 17.9. The van der Waals surface area contributed by atoms with Crippen molar-refractivity contribution in [2.75, 3.05) is 0 Å². The Hall–Kier alpha value is -2.21. The number of aromatic amines is 1. The van der Waals surface area contributed by atoms with E-state index in [2.05, 4.69) is 20.3 Å². The highest BCUT2D eigenvalue weighted by atomic mass is 35.5. The monoisotopic (exact) mass is 247 g/mol. The van der Waals surface area contributed by atoms with Crippen LogP contribution in [0.2, 0.25) is 5.02 Å². The average Bonchev–Trinajstić information content (AvgIpc) is 2.74. The molecule has 2 heterocycles. The largest absolute Gasteiger partial charge is 0.311 e. The zero-order chi connectivity index (χ0) is 11.8. The summed E-state index contributed by atoms with van der Waals surface area (Å²) < 4.78 is 1.47. The smallest absolute Gasteiger partial charge is 0.280 e. The molecule has 0 fully saturated rings. The van der Waals surface area contributed by atoms with Gasteiger partial charge in [-0.2, -0.15) is 4.68 Å². The first kappa shape index (κ1) is 9.98. The molecule has 0 aliphatic heterocycles. The van der Waals surface area contributed by atoms with Crippen molar-refractivity contribution in [1.82, 2.24) is 25.0 Å². The summed E-state index contributed by atoms with van der Waals surface area (Å²) >= 11 is 5.89. The molecule has 3 rings (SSSR count). The third kappa shape index (κ3) is 1.58. The molecule has 0 saturated heterocycles. The lowest BCUT2D eigenvalue weighted by Crippen LogP contribution is -2.07. The Kier molecular flexibility index (Phi) is 2.15. The highest BCUT2D eigenvalue weighted by molar-refractivity contribution is 6.30. The molecule has 7 heteroatoms. The molecule has 6 nitrogen and oxygen atoms in total. The van der Waals surface area contributed by atoms with E-state index >= 15 is 0 Å². The molecule has 0 amide bonds. The van der Waals surface area contributed by atoms with E-state index in [1.807, 2.05) is 6.07 Å². The molecule has 1 N–H and O–H groups in total. The molecule has 0 aliphatic carbocycles. The van der Waals surface area contributed by atoms with Gasteiger partial charge in [-0.15, -0.1) is 5.10 Å². The van der Waals surface area contributed by atoms with Gasteiger partial charge < -0.3 is 4.98 Å². The molecular formula is C10H6ClN5O. The molecular weight excluding hydrogens is 242 g/mol. The second-order valence-corrected chi connectivity index (χ2v) is 3.82. The molecule has 0 spiro atoms. The van der Waals surface area contributed by atoms with Crippen LogP contribution in [0.4, 0.5) is 0 Å². The molecule has 0 bridgehead atoms. The summed E-state index contributed by atoms with van der Waals surface area (Å²) in [5, 5.41) is 8.26. The second kappa shape index (κ2) is 3.67. The van der Waals surface area contributed by atoms with Gasteiger partial charge in [0.1, 0.15) is 0 Å². The maximum atomic E-state index is 11.5. The Morgan fingerprint density at radius 3 is 3.06 bits per heavy atom. The van der Waals surface area contributed by atoms with Gasteiger partial charge in [0.15, 0.2) is 11.2 Å². The molecule has 17 heavy (non-hydrogen) atoms. The zero-order valence-corrected chi connectivity index (χ0v) is 9.22. The summed E-state index contributed by atoms with van der Waals surface area (Å²) in [5.74, 6) is 0. The summed E-state index contributed by atoms with van der Waals surface area (Å²) in [6.45, 7) is 0. The topological polar surface area (TPSA) is 76.5 Å². The Labute approximate surface area is 99.9 Å². The van der Waals surface area contributed by atoms with E-state index in [1.54, 1.807) is 18.2 Å². The van der Waals surface area contributed by atoms with Crippen LogP contribution in [0.1, 0.15) is 0 Å². The minimum absolute atomic E-state index is 0.201. The lowest BCUT2D eigenvalue weighted by Gasteiger charge is -2.00. The predicted octanol–water partition coefficient (Wildman–Crippen LogP) is 1.16. The molecule has 0 atom stereocenters. The minimum atomic E-state index is -0.316. The zero-order valence-electron chi connectivity index (χ0n) is 8.46. The maximum Gasteiger partial charge on any atom is 0.280 e. The Morgan fingerprint density at radius 1 is 1.35 bits per heavy atom. The first-order valence-electron chi connectivity index (χ1n) is 4.81. The Balaban J connectivity index is 2.32. The van der Waals surface area contributed by atoms with Crippen LogP contribution in [0.5, 0.6) is 0 Å². The van der Waals surface area contributed by atoms with E-state index in [0.29, 0.717) is 16.4 Å². The highest BCUT2D eigenvalue weighted by Crippen LogP contribution is 2.16. The van der Waals surface area contributed by atoms with Gasteiger partial charge in [-0.05, 0) is 18.2 Å². The van der Waals surface area contributed by atoms with Gasteiger partial charge in [0.05, 0.1) is 12.0 Å². The SMILES string of the molecule is O=c1[nH]cnc2c1nnn2-c1cccc(Cl)c1. The fourth-order valence-electron chi connectivity index (χ4n) is 1.54. The van der Waals surface area contributed by atoms with Crippen LogP contribution in [0.3, 0.4) is 0 Å². The normalized spacial score (nSPS) is 10.9. The number of fused-ring (bicyclic) bond motifs is 1. The fourth-order valence-corrected chi connectivity index (χ4v) is 1.73. The lowest BCUT2D eigenvalue weighted by atomic mass is 10.3. The molecule has 84 valence electrons. The van der Waals surface area contributed by atoms with Crippen molar-refractivity contribution in [3.8, 4) is 5.69 Å². The van der Waals surface area contributed by atoms with E-state index in [9.17, 15) is 4.79 Å². The van der Waals surface area contributed by atoms with E-state index in [-0.39, 0.29) is 11.1 Å². The molecule has 3 aromatic rings. The van der Waals surface area contributed by atoms with Gasteiger partial charge in [-0.25, -0.2) is 4.98 Å². The van der Waals surface area contributed by atoms with Gasteiger partial charge in [0.2, 0.25) is 0 Å². The third-order valence-corrected chi connectivity index (χ3v) is 2.53. The summed E-state index contributed by atoms with van der Waals surface area (Å²) in [6.07, 6.45) is 1.31. The predicted molar refractivity (Wildman–Crippen MR) is 62.3 cm³/mol. The molecule has 0 unspecified atom stereocenters. The molecule has 0 aliphatic rings. The van der Waals surface area contributed by atoms with Crippen LogP contribution in [0, 0.1) is 0 Å². The van der Waals surface area contributed by atoms with Crippen molar-refractivity contribution in [3.05, 3.63) is 46.0 Å². The number of benzene rings is 1. The standard InChI is InChI=1S/C10H6ClN5O/c11-6-2-1-3-7(4-6)16-9-8(14-15-16)10(17)13-5-12-9/h1-5H,(H,12,13,17). The maximum absolute atomic E-state index is 11.5. The molecule has 0 radical (unpaired) electrons. The van der Waals surface area contributed by atoms with Gasteiger partial charge in [0.25, 0.3) is 5.56 Å². The summed E-state index contributed by atoms with van der Waals surface area (Å²) in [7, 11) is 0. The summed E-state index contributed by atoms with van der Waals surface area (Å²) in [5.41, 5.74) is 0.991. The lowest BCUT2D eigenvalue weighted by molar-refractivity contribution is 0.817. The number of hydrogen-bond acceptors (Lipinski definition) is 4. The fraction of sp³-hybridized carbons (Fsp3) is 0. The Bertz CT molecular complexity index is 748. The van der Waals surface area contributed by atoms with Crippen LogP contribution in [0.25, 0.3) is 16.9 Å². The number of aromatic nitrogens is 5. The molecule has 2 aromatic heterocycles. The third-order valence-electron chi connectivity index (χ3n) is 2.30. The Morgan fingerprint density at radius 2 is 2.24 bits per heavy atom. The first-order chi connectivity index (χ1) is 8.25. The molecule has 1 aromatic carbocycles. The van der Waals surface area contributed by atoms with Crippen molar-refractivity contribution in [3.63, 3.8) is 0 Å². The van der Waals surface area contributed by atoms with Crippen LogP contribution in [0.15, 0.2) is 35.4 Å². The van der Waals surface area contributed by atoms with E-state index in [1.165, 1.54) is 11.0 Å². The van der Waals surface area contributed by atoms with E-state index < -0.39 is 0 Å². The van der Waals surface area contributed by atoms with Crippen LogP contribution in [-0.4, -0.2) is 25.0 Å². The van der Waals surface area contributed by atoms with Crippen molar-refractivity contribution >= 4 is 22.8 Å². The number of hydrogen-bond donors (Lipinski definition) is 1. The van der Waals surface area contributed by atoms with Crippen LogP contribution < -0.4 is 5.56 Å². The van der Waals surface area contributed by atoms with Crippen molar-refractivity contribution in [1.29, 1.82) is 0 Å². The number of H-pyrrole nitrogens is 1. The quantitative estimate of drug-likeness (QED) is 0.700. The van der Waals surface area contributed by atoms with E-state index in [4.69, 9.17) is 11.6 Å². The minimum Gasteiger partial charge on any atom is -0.311 e. The number of rotatable bonds is 1. The molecule has 0 saturated carbocycles. The van der Waals surface area contributed by atoms with Crippen molar-refractivity contribution in [2.45, 2.75) is 0 Å². The van der Waals surface area contributed by atoms with Crippen LogP contribution in [-0.2, 0) is 0 Å². The summed E-state index contributed by atoms with van der Waals surface area (Å²) in [6, 6.07) is 7.07. The van der Waals surface area contributed by atoms with Gasteiger partial charge >= 0.3 is 0 Å². The second-order valence-electron chi connectivity index (χ2n) is 3.38. The van der Waals surface area contributed by atoms with Crippen molar-refractivity contribution < 1.29 is 0 Å². The van der Waals surface area contributed by atoms with Crippen molar-refractivity contribution in [2.24, 2.45) is 0 Å². The number of nitrogens with one attached hydrogen (secondary N) is 1. The van der Waals surface area contributed by atoms with Gasteiger partial charge in [-0.1, -0.05) is 22.9 Å². The van der Waals surface area contributed by atoms with Gasteiger partial charge in [-0.3, -0.25) is 4.79 Å². The van der Waals surface area contributed by atoms with E-state index in [0.717, 1.165) is 0 Å². The first-order valence-corrected chi connectivity index (χ1v) is 5.18. The highest BCUT2D eigenvalue weighted by Gasteiger charge is 2.10. The average molecular weight is 248 g/mol. The van der Waals surface area contributed by atoms with Crippen LogP contribution >= 0.6 is 11.6 Å².